The lowest BCUT2D eigenvalue weighted by Gasteiger charge is -2.20. The molecule has 0 saturated carbocycles. The molecule has 4 rings (SSSR count). The van der Waals surface area contributed by atoms with Crippen LogP contribution in [0.5, 0.6) is 0 Å². The van der Waals surface area contributed by atoms with E-state index in [-0.39, 0.29) is 11.5 Å². The molecule has 2 aromatic heterocycles. The van der Waals surface area contributed by atoms with Gasteiger partial charge in [0, 0.05) is 19.3 Å². The van der Waals surface area contributed by atoms with Crippen LogP contribution in [0.2, 0.25) is 0 Å². The van der Waals surface area contributed by atoms with Gasteiger partial charge in [-0.05, 0) is 31.2 Å². The van der Waals surface area contributed by atoms with Crippen LogP contribution in [0.25, 0.3) is 16.7 Å². The van der Waals surface area contributed by atoms with Gasteiger partial charge in [-0.15, -0.1) is 16.8 Å². The van der Waals surface area contributed by atoms with Gasteiger partial charge in [-0.1, -0.05) is 48.2 Å². The molecule has 1 amide bonds. The Morgan fingerprint density at radius 3 is 2.60 bits per heavy atom. The predicted octanol–water partition coefficient (Wildman–Crippen LogP) is 3.37. The summed E-state index contributed by atoms with van der Waals surface area (Å²) in [5, 5.41) is 9.26. The number of allylic oxidation sites excluding steroid dienone is 1. The lowest BCUT2D eigenvalue weighted by atomic mass is 10.2. The molecule has 0 radical (unpaired) electrons. The molecule has 30 heavy (non-hydrogen) atoms. The number of nitrogens with zero attached hydrogens (tertiary/aromatic N) is 5. The number of carbonyl (C=O) groups excluding carboxylic acids is 1. The first-order chi connectivity index (χ1) is 14.5. The summed E-state index contributed by atoms with van der Waals surface area (Å²) < 4.78 is 3.37. The number of amides is 1. The number of anilines is 1. The molecule has 0 spiro atoms. The van der Waals surface area contributed by atoms with Gasteiger partial charge in [-0.2, -0.15) is 0 Å². The highest BCUT2D eigenvalue weighted by atomic mass is 32.2. The highest BCUT2D eigenvalue weighted by Crippen LogP contribution is 2.27. The van der Waals surface area contributed by atoms with Gasteiger partial charge in [0.15, 0.2) is 5.16 Å². The molecule has 152 valence electrons. The summed E-state index contributed by atoms with van der Waals surface area (Å²) in [6.45, 7) is 5.90. The first kappa shape index (κ1) is 19.9. The van der Waals surface area contributed by atoms with E-state index in [0.717, 1.165) is 5.69 Å². The number of hydrogen-bond acceptors (Lipinski definition) is 5. The zero-order valence-corrected chi connectivity index (χ0v) is 17.5. The number of aromatic nitrogens is 4. The van der Waals surface area contributed by atoms with Crippen molar-refractivity contribution in [2.75, 3.05) is 11.9 Å². The van der Waals surface area contributed by atoms with E-state index in [1.165, 1.54) is 16.3 Å². The molecule has 0 aliphatic carbocycles. The third-order valence-electron chi connectivity index (χ3n) is 4.89. The molecule has 0 aliphatic heterocycles. The first-order valence-electron chi connectivity index (χ1n) is 9.49. The summed E-state index contributed by atoms with van der Waals surface area (Å²) in [4.78, 5) is 27.5. The van der Waals surface area contributed by atoms with E-state index in [1.807, 2.05) is 59.9 Å². The lowest BCUT2D eigenvalue weighted by molar-refractivity contribution is -0.117. The van der Waals surface area contributed by atoms with Crippen molar-refractivity contribution < 1.29 is 4.79 Å². The fraction of sp³-hybridized carbons (Fsp3) is 0.182. The molecule has 7 nitrogen and oxygen atoms in total. The molecule has 0 aliphatic rings. The molecule has 8 heteroatoms. The molecular formula is C22H21N5O2S. The molecule has 2 heterocycles. The van der Waals surface area contributed by atoms with Crippen molar-refractivity contribution in [2.24, 2.45) is 0 Å². The fourth-order valence-corrected chi connectivity index (χ4v) is 4.31. The van der Waals surface area contributed by atoms with Gasteiger partial charge in [0.05, 0.1) is 16.2 Å². The Morgan fingerprint density at radius 2 is 1.87 bits per heavy atom. The predicted molar refractivity (Wildman–Crippen MR) is 120 cm³/mol. The average Bonchev–Trinajstić information content (AvgIpc) is 3.19. The quantitative estimate of drug-likeness (QED) is 0.354. The molecular weight excluding hydrogens is 398 g/mol. The van der Waals surface area contributed by atoms with Gasteiger partial charge < -0.3 is 4.90 Å². The minimum absolute atomic E-state index is 0.0494. The monoisotopic (exact) mass is 419 g/mol. The molecule has 4 aromatic rings. The van der Waals surface area contributed by atoms with Crippen LogP contribution in [-0.2, 0) is 11.3 Å². The maximum absolute atomic E-state index is 13.0. The third kappa shape index (κ3) is 3.39. The van der Waals surface area contributed by atoms with E-state index in [9.17, 15) is 9.59 Å². The number of para-hydroxylation sites is 2. The Kier molecular flexibility index (Phi) is 5.41. The van der Waals surface area contributed by atoms with Crippen LogP contribution in [0.15, 0.2) is 77.2 Å². The summed E-state index contributed by atoms with van der Waals surface area (Å²) in [7, 11) is 1.76. The molecule has 0 saturated heterocycles. The maximum atomic E-state index is 13.0. The standard InChI is InChI=1S/C22H21N5O2S/c1-4-14-26-20(29)17-12-8-9-13-18(17)27-21(26)23-24-22(27)30-15(2)19(28)25(3)16-10-6-5-7-11-16/h4-13,15H,1,14H2,2-3H3/t15-/m1/s1. The number of rotatable bonds is 6. The number of hydrogen-bond donors (Lipinski definition) is 0. The maximum Gasteiger partial charge on any atom is 0.263 e. The summed E-state index contributed by atoms with van der Waals surface area (Å²) >= 11 is 1.32. The highest BCUT2D eigenvalue weighted by molar-refractivity contribution is 8.00. The Labute approximate surface area is 177 Å². The van der Waals surface area contributed by atoms with Gasteiger partial charge in [0.25, 0.3) is 5.56 Å². The first-order valence-corrected chi connectivity index (χ1v) is 10.4. The second-order valence-electron chi connectivity index (χ2n) is 6.83. The molecule has 0 fully saturated rings. The largest absolute Gasteiger partial charge is 0.315 e. The average molecular weight is 420 g/mol. The molecule has 2 aromatic carbocycles. The number of benzene rings is 2. The van der Waals surface area contributed by atoms with Crippen LogP contribution in [0.4, 0.5) is 5.69 Å². The summed E-state index contributed by atoms with van der Waals surface area (Å²) in [5.74, 6) is 0.379. The topological polar surface area (TPSA) is 72.5 Å². The van der Waals surface area contributed by atoms with Crippen LogP contribution < -0.4 is 10.5 Å². The minimum Gasteiger partial charge on any atom is -0.315 e. The van der Waals surface area contributed by atoms with Gasteiger partial charge in [0.2, 0.25) is 11.7 Å². The van der Waals surface area contributed by atoms with Crippen LogP contribution in [0.1, 0.15) is 6.92 Å². The van der Waals surface area contributed by atoms with E-state index in [2.05, 4.69) is 16.8 Å². The second kappa shape index (κ2) is 8.16. The second-order valence-corrected chi connectivity index (χ2v) is 8.14. The van der Waals surface area contributed by atoms with Crippen molar-refractivity contribution in [3.05, 3.63) is 77.6 Å². The van der Waals surface area contributed by atoms with Crippen molar-refractivity contribution >= 4 is 40.0 Å². The van der Waals surface area contributed by atoms with Crippen LogP contribution in [0, 0.1) is 0 Å². The van der Waals surface area contributed by atoms with Crippen molar-refractivity contribution in [3.8, 4) is 0 Å². The Bertz CT molecular complexity index is 1300. The smallest absolute Gasteiger partial charge is 0.263 e. The van der Waals surface area contributed by atoms with Gasteiger partial charge in [-0.25, -0.2) is 0 Å². The number of carbonyl (C=O) groups is 1. The summed E-state index contributed by atoms with van der Waals surface area (Å²) in [6, 6.07) is 16.8. The third-order valence-corrected chi connectivity index (χ3v) is 5.92. The molecule has 0 bridgehead atoms. The van der Waals surface area contributed by atoms with E-state index >= 15 is 0 Å². The highest BCUT2D eigenvalue weighted by Gasteiger charge is 2.24. The number of fused-ring (bicyclic) bond motifs is 3. The van der Waals surface area contributed by atoms with Gasteiger partial charge >= 0.3 is 0 Å². The van der Waals surface area contributed by atoms with Crippen LogP contribution >= 0.6 is 11.8 Å². The molecule has 0 unspecified atom stereocenters. The zero-order chi connectivity index (χ0) is 21.3. The van der Waals surface area contributed by atoms with E-state index in [0.29, 0.717) is 28.4 Å². The molecule has 0 N–H and O–H groups in total. The van der Waals surface area contributed by atoms with E-state index < -0.39 is 5.25 Å². The van der Waals surface area contributed by atoms with Gasteiger partial charge in [0.1, 0.15) is 0 Å². The van der Waals surface area contributed by atoms with Crippen molar-refractivity contribution in [1.29, 1.82) is 0 Å². The summed E-state index contributed by atoms with van der Waals surface area (Å²) in [5.41, 5.74) is 1.39. The fourth-order valence-electron chi connectivity index (χ4n) is 3.36. The van der Waals surface area contributed by atoms with Crippen LogP contribution in [0.3, 0.4) is 0 Å². The normalized spacial score (nSPS) is 12.2. The minimum atomic E-state index is -0.402. The lowest BCUT2D eigenvalue weighted by Crippen LogP contribution is -2.33. The van der Waals surface area contributed by atoms with Crippen LogP contribution in [-0.4, -0.2) is 37.4 Å². The Hall–Kier alpha value is -3.39. The van der Waals surface area contributed by atoms with Crippen molar-refractivity contribution in [1.82, 2.24) is 19.2 Å². The van der Waals surface area contributed by atoms with Crippen molar-refractivity contribution in [2.45, 2.75) is 23.9 Å². The van der Waals surface area contributed by atoms with E-state index in [1.54, 1.807) is 24.1 Å². The zero-order valence-electron chi connectivity index (χ0n) is 16.7. The van der Waals surface area contributed by atoms with Crippen molar-refractivity contribution in [3.63, 3.8) is 0 Å². The number of thioether (sulfide) groups is 1. The summed E-state index contributed by atoms with van der Waals surface area (Å²) in [6.07, 6.45) is 1.65. The van der Waals surface area contributed by atoms with Gasteiger partial charge in [-0.3, -0.25) is 18.6 Å². The molecule has 1 atom stereocenters. The SMILES string of the molecule is C=CCn1c(=O)c2ccccc2n2c(S[C@H](C)C(=O)N(C)c3ccccc3)nnc12. The van der Waals surface area contributed by atoms with E-state index in [4.69, 9.17) is 0 Å². The Morgan fingerprint density at radius 1 is 1.17 bits per heavy atom. The Balaban J connectivity index is 1.76.